The number of halogens is 4. The van der Waals surface area contributed by atoms with Gasteiger partial charge in [0, 0.05) is 24.5 Å². The predicted molar refractivity (Wildman–Crippen MR) is 117 cm³/mol. The molecule has 0 fully saturated rings. The Kier molecular flexibility index (Phi) is 9.35. The second-order valence-corrected chi connectivity index (χ2v) is 9.33. The monoisotopic (exact) mass is 492 g/mol. The summed E-state index contributed by atoms with van der Waals surface area (Å²) in [6, 6.07) is 12.4. The van der Waals surface area contributed by atoms with E-state index in [4.69, 9.17) is 16.3 Å². The molecule has 0 aliphatic heterocycles. The molecule has 0 saturated heterocycles. The Bertz CT molecular complexity index is 1000. The van der Waals surface area contributed by atoms with E-state index in [1.165, 1.54) is 6.07 Å². The van der Waals surface area contributed by atoms with Crippen molar-refractivity contribution < 1.29 is 31.1 Å². The average molecular weight is 493 g/mol. The van der Waals surface area contributed by atoms with Crippen molar-refractivity contribution in [3.05, 3.63) is 64.7 Å². The lowest BCUT2D eigenvalue weighted by Gasteiger charge is -2.25. The van der Waals surface area contributed by atoms with Gasteiger partial charge < -0.3 is 10.1 Å². The summed E-state index contributed by atoms with van der Waals surface area (Å²) in [5, 5.41) is 2.47. The second-order valence-electron chi connectivity index (χ2n) is 6.99. The van der Waals surface area contributed by atoms with Gasteiger partial charge in [-0.05, 0) is 30.2 Å². The fourth-order valence-electron chi connectivity index (χ4n) is 2.92. The number of nitrogens with one attached hydrogen (secondary N) is 1. The number of nitrogens with zero attached hydrogens (tertiary/aromatic N) is 1. The Morgan fingerprint density at radius 2 is 1.84 bits per heavy atom. The Morgan fingerprint density at radius 1 is 1.16 bits per heavy atom. The van der Waals surface area contributed by atoms with E-state index in [9.17, 15) is 26.4 Å². The van der Waals surface area contributed by atoms with Crippen molar-refractivity contribution >= 4 is 33.2 Å². The highest BCUT2D eigenvalue weighted by molar-refractivity contribution is 7.92. The van der Waals surface area contributed by atoms with Crippen LogP contribution >= 0.6 is 11.6 Å². The van der Waals surface area contributed by atoms with Crippen molar-refractivity contribution in [2.75, 3.05) is 30.3 Å². The molecule has 0 aliphatic rings. The van der Waals surface area contributed by atoms with Gasteiger partial charge in [-0.1, -0.05) is 41.9 Å². The van der Waals surface area contributed by atoms with E-state index in [2.05, 4.69) is 5.32 Å². The van der Waals surface area contributed by atoms with Crippen LogP contribution in [0.4, 0.5) is 18.9 Å². The number of rotatable bonds is 11. The number of hydrogen-bond acceptors (Lipinski definition) is 4. The highest BCUT2D eigenvalue weighted by Gasteiger charge is 2.36. The maximum absolute atomic E-state index is 13.4. The topological polar surface area (TPSA) is 75.7 Å². The SMILES string of the molecule is CS(=O)(=O)N(CCCC(=O)NCCOCc1ccccc1)c1ccc(Cl)cc1C(F)(F)F. The number of anilines is 1. The van der Waals surface area contributed by atoms with Crippen LogP contribution in [0, 0.1) is 0 Å². The van der Waals surface area contributed by atoms with Crippen LogP contribution in [0.2, 0.25) is 5.02 Å². The number of hydrogen-bond donors (Lipinski definition) is 1. The van der Waals surface area contributed by atoms with Crippen LogP contribution in [-0.2, 0) is 32.3 Å². The lowest BCUT2D eigenvalue weighted by atomic mass is 10.1. The van der Waals surface area contributed by atoms with Crippen LogP contribution in [0.15, 0.2) is 48.5 Å². The van der Waals surface area contributed by atoms with Gasteiger partial charge in [0.1, 0.15) is 0 Å². The predicted octanol–water partition coefficient (Wildman–Crippen LogP) is 4.24. The molecule has 0 unspecified atom stereocenters. The molecule has 0 radical (unpaired) electrons. The molecule has 11 heteroatoms. The number of amides is 1. The van der Waals surface area contributed by atoms with Gasteiger partial charge in [-0.2, -0.15) is 13.2 Å². The minimum Gasteiger partial charge on any atom is -0.375 e. The number of ether oxygens (including phenoxy) is 1. The quantitative estimate of drug-likeness (QED) is 0.476. The van der Waals surface area contributed by atoms with Gasteiger partial charge in [0.05, 0.1) is 30.7 Å². The fourth-order valence-corrected chi connectivity index (χ4v) is 4.07. The van der Waals surface area contributed by atoms with Crippen molar-refractivity contribution in [2.45, 2.75) is 25.6 Å². The van der Waals surface area contributed by atoms with Crippen LogP contribution in [0.25, 0.3) is 0 Å². The average Bonchev–Trinajstić information content (AvgIpc) is 2.70. The minimum absolute atomic E-state index is 0.0314. The van der Waals surface area contributed by atoms with Crippen molar-refractivity contribution in [3.8, 4) is 0 Å². The van der Waals surface area contributed by atoms with E-state index < -0.39 is 27.5 Å². The molecule has 0 aromatic heterocycles. The maximum Gasteiger partial charge on any atom is 0.418 e. The van der Waals surface area contributed by atoms with Gasteiger partial charge in [0.2, 0.25) is 15.9 Å². The van der Waals surface area contributed by atoms with Crippen LogP contribution in [0.5, 0.6) is 0 Å². The first-order valence-corrected chi connectivity index (χ1v) is 11.9. The summed E-state index contributed by atoms with van der Waals surface area (Å²) in [7, 11) is -4.02. The van der Waals surface area contributed by atoms with Crippen molar-refractivity contribution in [3.63, 3.8) is 0 Å². The normalized spacial score (nSPS) is 11.9. The van der Waals surface area contributed by atoms with Crippen LogP contribution in [-0.4, -0.2) is 40.3 Å². The third-order valence-electron chi connectivity index (χ3n) is 4.38. The first-order valence-electron chi connectivity index (χ1n) is 9.71. The molecular formula is C21H24ClF3N2O4S. The smallest absolute Gasteiger partial charge is 0.375 e. The third-order valence-corrected chi connectivity index (χ3v) is 5.79. The molecule has 0 atom stereocenters. The molecule has 6 nitrogen and oxygen atoms in total. The van der Waals surface area contributed by atoms with Gasteiger partial charge in [0.15, 0.2) is 0 Å². The van der Waals surface area contributed by atoms with E-state index in [0.717, 1.165) is 17.9 Å². The Labute approximate surface area is 190 Å². The zero-order chi connectivity index (χ0) is 23.8. The first-order chi connectivity index (χ1) is 15.0. The van der Waals surface area contributed by atoms with Crippen LogP contribution in [0.1, 0.15) is 24.0 Å². The molecule has 0 spiro atoms. The first kappa shape index (κ1) is 26.0. The number of carbonyl (C=O) groups is 1. The van der Waals surface area contributed by atoms with Gasteiger partial charge in [-0.25, -0.2) is 8.42 Å². The molecule has 2 aromatic carbocycles. The molecule has 0 saturated carbocycles. The Balaban J connectivity index is 1.87. The lowest BCUT2D eigenvalue weighted by molar-refractivity contribution is -0.137. The van der Waals surface area contributed by atoms with Crippen molar-refractivity contribution in [2.24, 2.45) is 0 Å². The molecule has 1 amide bonds. The molecule has 2 rings (SSSR count). The summed E-state index contributed by atoms with van der Waals surface area (Å²) in [6.45, 7) is 0.664. The molecule has 0 heterocycles. The summed E-state index contributed by atoms with van der Waals surface area (Å²) < 4.78 is 70.5. The van der Waals surface area contributed by atoms with Gasteiger partial charge >= 0.3 is 6.18 Å². The van der Waals surface area contributed by atoms with Crippen LogP contribution < -0.4 is 9.62 Å². The van der Waals surface area contributed by atoms with E-state index in [-0.39, 0.29) is 43.5 Å². The highest BCUT2D eigenvalue weighted by Crippen LogP contribution is 2.39. The maximum atomic E-state index is 13.4. The summed E-state index contributed by atoms with van der Waals surface area (Å²) >= 11 is 5.66. The standard InChI is InChI=1S/C21H24ClF3N2O4S/c1-32(29,30)27(19-10-9-17(22)14-18(19)21(23,24)25)12-5-8-20(28)26-11-13-31-15-16-6-3-2-4-7-16/h2-4,6-7,9-10,14H,5,8,11-13,15H2,1H3,(H,26,28). The summed E-state index contributed by atoms with van der Waals surface area (Å²) in [4.78, 5) is 12.0. The second kappa shape index (κ2) is 11.5. The van der Waals surface area contributed by atoms with E-state index >= 15 is 0 Å². The van der Waals surface area contributed by atoms with E-state index in [0.29, 0.717) is 17.0 Å². The summed E-state index contributed by atoms with van der Waals surface area (Å²) in [5.74, 6) is -0.353. The molecule has 32 heavy (non-hydrogen) atoms. The summed E-state index contributed by atoms with van der Waals surface area (Å²) in [6.07, 6.45) is -4.00. The number of carbonyl (C=O) groups excluding carboxylic acids is 1. The summed E-state index contributed by atoms with van der Waals surface area (Å²) in [5.41, 5.74) is -0.685. The zero-order valence-corrected chi connectivity index (χ0v) is 18.9. The van der Waals surface area contributed by atoms with Crippen LogP contribution in [0.3, 0.4) is 0 Å². The van der Waals surface area contributed by atoms with E-state index in [1.807, 2.05) is 30.3 Å². The lowest BCUT2D eigenvalue weighted by Crippen LogP contribution is -2.34. The molecule has 2 aromatic rings. The zero-order valence-electron chi connectivity index (χ0n) is 17.4. The minimum atomic E-state index is -4.79. The highest BCUT2D eigenvalue weighted by atomic mass is 35.5. The fraction of sp³-hybridized carbons (Fsp3) is 0.381. The van der Waals surface area contributed by atoms with Crippen molar-refractivity contribution in [1.82, 2.24) is 5.32 Å². The van der Waals surface area contributed by atoms with Crippen molar-refractivity contribution in [1.29, 1.82) is 0 Å². The molecule has 1 N–H and O–H groups in total. The van der Waals surface area contributed by atoms with Gasteiger partial charge in [-0.3, -0.25) is 9.10 Å². The number of sulfonamides is 1. The van der Waals surface area contributed by atoms with E-state index in [1.54, 1.807) is 0 Å². The third kappa shape index (κ3) is 8.33. The Morgan fingerprint density at radius 3 is 2.47 bits per heavy atom. The van der Waals surface area contributed by atoms with Gasteiger partial charge in [-0.15, -0.1) is 0 Å². The molecule has 0 aliphatic carbocycles. The Hall–Kier alpha value is -2.30. The number of benzene rings is 2. The van der Waals surface area contributed by atoms with Gasteiger partial charge in [0.25, 0.3) is 0 Å². The number of alkyl halides is 3. The molecular weight excluding hydrogens is 469 g/mol. The largest absolute Gasteiger partial charge is 0.418 e. The molecule has 176 valence electrons. The molecule has 0 bridgehead atoms.